The van der Waals surface area contributed by atoms with E-state index in [1.165, 1.54) is 0 Å². The Bertz CT molecular complexity index is 789. The summed E-state index contributed by atoms with van der Waals surface area (Å²) in [5, 5.41) is 1.23. The summed E-state index contributed by atoms with van der Waals surface area (Å²) in [5.74, 6) is 1.30. The normalized spacial score (nSPS) is 10.6. The zero-order chi connectivity index (χ0) is 16.9. The Kier molecular flexibility index (Phi) is 5.28. The molecule has 6 heteroatoms. The van der Waals surface area contributed by atoms with Gasteiger partial charge in [-0.2, -0.15) is 0 Å². The summed E-state index contributed by atoms with van der Waals surface area (Å²) in [5.41, 5.74) is 2.08. The Morgan fingerprint density at radius 1 is 1.12 bits per heavy atom. The van der Waals surface area contributed by atoms with Crippen molar-refractivity contribution in [3.05, 3.63) is 70.7 Å². The van der Waals surface area contributed by atoms with Crippen molar-refractivity contribution in [2.24, 2.45) is 0 Å². The van der Waals surface area contributed by atoms with Crippen molar-refractivity contribution in [1.82, 2.24) is 9.97 Å². The number of aromatic nitrogens is 2. The standard InChI is InChI=1S/C18H17Cl2N3O/c1-2-23(11-14-10-21-12-22-14)15-5-8-18(17(20)9-15)24-16-6-3-13(19)4-7-16/h3-10,12H,2,11H2,1H3,(H,21,22). The van der Waals surface area contributed by atoms with Gasteiger partial charge >= 0.3 is 0 Å². The van der Waals surface area contributed by atoms with Gasteiger partial charge in [-0.05, 0) is 49.4 Å². The molecule has 0 saturated heterocycles. The van der Waals surface area contributed by atoms with Gasteiger partial charge in [-0.25, -0.2) is 4.98 Å². The van der Waals surface area contributed by atoms with Gasteiger partial charge in [0.15, 0.2) is 0 Å². The average Bonchev–Trinajstić information content (AvgIpc) is 3.09. The number of rotatable bonds is 6. The molecule has 4 nitrogen and oxygen atoms in total. The van der Waals surface area contributed by atoms with Crippen molar-refractivity contribution in [2.75, 3.05) is 11.4 Å². The number of benzene rings is 2. The van der Waals surface area contributed by atoms with Gasteiger partial charge in [0.1, 0.15) is 11.5 Å². The zero-order valence-electron chi connectivity index (χ0n) is 13.2. The van der Waals surface area contributed by atoms with E-state index in [2.05, 4.69) is 21.8 Å². The molecule has 0 bridgehead atoms. The summed E-state index contributed by atoms with van der Waals surface area (Å²) in [4.78, 5) is 9.36. The summed E-state index contributed by atoms with van der Waals surface area (Å²) in [6.45, 7) is 3.69. The second-order valence-electron chi connectivity index (χ2n) is 5.26. The SMILES string of the molecule is CCN(Cc1cnc[nH]1)c1ccc(Oc2ccc(Cl)cc2)c(Cl)c1. The Morgan fingerprint density at radius 2 is 1.92 bits per heavy atom. The van der Waals surface area contributed by atoms with Crippen LogP contribution in [-0.4, -0.2) is 16.5 Å². The molecule has 1 aromatic heterocycles. The molecular weight excluding hydrogens is 345 g/mol. The molecule has 1 heterocycles. The molecule has 0 spiro atoms. The maximum absolute atomic E-state index is 6.40. The molecule has 3 rings (SSSR count). The Labute approximate surface area is 151 Å². The lowest BCUT2D eigenvalue weighted by Gasteiger charge is -2.23. The summed E-state index contributed by atoms with van der Waals surface area (Å²) in [7, 11) is 0. The number of aromatic amines is 1. The van der Waals surface area contributed by atoms with Gasteiger partial charge in [-0.3, -0.25) is 0 Å². The predicted octanol–water partition coefficient (Wildman–Crippen LogP) is 5.54. The van der Waals surface area contributed by atoms with Gasteiger partial charge in [0.2, 0.25) is 0 Å². The van der Waals surface area contributed by atoms with Crippen LogP contribution >= 0.6 is 23.2 Å². The van der Waals surface area contributed by atoms with Crippen LogP contribution in [0.2, 0.25) is 10.0 Å². The molecule has 0 amide bonds. The van der Waals surface area contributed by atoms with Gasteiger partial charge in [-0.1, -0.05) is 23.2 Å². The maximum atomic E-state index is 6.40. The molecule has 0 radical (unpaired) electrons. The van der Waals surface area contributed by atoms with Gasteiger partial charge in [0, 0.05) is 23.5 Å². The first-order valence-corrected chi connectivity index (χ1v) is 8.36. The van der Waals surface area contributed by atoms with Crippen molar-refractivity contribution >= 4 is 28.9 Å². The molecule has 0 saturated carbocycles. The molecular formula is C18H17Cl2N3O. The highest BCUT2D eigenvalue weighted by Crippen LogP contribution is 2.33. The van der Waals surface area contributed by atoms with Crippen LogP contribution in [0.3, 0.4) is 0 Å². The van der Waals surface area contributed by atoms with Crippen LogP contribution in [0.25, 0.3) is 0 Å². The Hall–Kier alpha value is -2.17. The summed E-state index contributed by atoms with van der Waals surface area (Å²) in [6.07, 6.45) is 3.50. The van der Waals surface area contributed by atoms with Gasteiger partial charge < -0.3 is 14.6 Å². The van der Waals surface area contributed by atoms with E-state index in [0.717, 1.165) is 24.5 Å². The van der Waals surface area contributed by atoms with Gasteiger partial charge in [0.25, 0.3) is 0 Å². The first-order chi connectivity index (χ1) is 11.7. The third-order valence-corrected chi connectivity index (χ3v) is 4.17. The molecule has 3 aromatic rings. The van der Waals surface area contributed by atoms with Crippen molar-refractivity contribution in [2.45, 2.75) is 13.5 Å². The lowest BCUT2D eigenvalue weighted by Crippen LogP contribution is -2.22. The van der Waals surface area contributed by atoms with Crippen LogP contribution in [-0.2, 0) is 6.54 Å². The van der Waals surface area contributed by atoms with E-state index >= 15 is 0 Å². The summed E-state index contributed by atoms with van der Waals surface area (Å²) < 4.78 is 5.81. The minimum atomic E-state index is 0.561. The van der Waals surface area contributed by atoms with Crippen LogP contribution < -0.4 is 9.64 Å². The first-order valence-electron chi connectivity index (χ1n) is 7.61. The number of nitrogens with one attached hydrogen (secondary N) is 1. The number of hydrogen-bond donors (Lipinski definition) is 1. The molecule has 0 atom stereocenters. The lowest BCUT2D eigenvalue weighted by atomic mass is 10.2. The fraction of sp³-hybridized carbons (Fsp3) is 0.167. The number of anilines is 1. The molecule has 2 aromatic carbocycles. The van der Waals surface area contributed by atoms with E-state index in [4.69, 9.17) is 27.9 Å². The smallest absolute Gasteiger partial charge is 0.146 e. The van der Waals surface area contributed by atoms with Crippen molar-refractivity contribution in [3.63, 3.8) is 0 Å². The van der Waals surface area contributed by atoms with Crippen LogP contribution in [0.5, 0.6) is 11.5 Å². The number of imidazole rings is 1. The molecule has 0 aliphatic heterocycles. The topological polar surface area (TPSA) is 41.2 Å². The Balaban J connectivity index is 1.76. The van der Waals surface area contributed by atoms with E-state index < -0.39 is 0 Å². The Morgan fingerprint density at radius 3 is 2.54 bits per heavy atom. The third-order valence-electron chi connectivity index (χ3n) is 3.62. The molecule has 124 valence electrons. The maximum Gasteiger partial charge on any atom is 0.146 e. The summed E-state index contributed by atoms with van der Waals surface area (Å²) >= 11 is 12.3. The van der Waals surface area contributed by atoms with E-state index in [1.807, 2.05) is 36.5 Å². The monoisotopic (exact) mass is 361 g/mol. The van der Waals surface area contributed by atoms with E-state index in [0.29, 0.717) is 21.5 Å². The van der Waals surface area contributed by atoms with Gasteiger partial charge in [0.05, 0.1) is 23.6 Å². The number of halogens is 2. The second-order valence-corrected chi connectivity index (χ2v) is 6.11. The van der Waals surface area contributed by atoms with Gasteiger partial charge in [-0.15, -0.1) is 0 Å². The van der Waals surface area contributed by atoms with Crippen LogP contribution in [0.1, 0.15) is 12.6 Å². The number of H-pyrrole nitrogens is 1. The molecule has 24 heavy (non-hydrogen) atoms. The fourth-order valence-corrected chi connectivity index (χ4v) is 2.70. The minimum Gasteiger partial charge on any atom is -0.456 e. The second kappa shape index (κ2) is 7.60. The number of nitrogens with zero attached hydrogens (tertiary/aromatic N) is 2. The highest BCUT2D eigenvalue weighted by molar-refractivity contribution is 6.32. The predicted molar refractivity (Wildman–Crippen MR) is 98.3 cm³/mol. The van der Waals surface area contributed by atoms with Crippen LogP contribution in [0.4, 0.5) is 5.69 Å². The van der Waals surface area contributed by atoms with Crippen molar-refractivity contribution in [1.29, 1.82) is 0 Å². The zero-order valence-corrected chi connectivity index (χ0v) is 14.7. The number of hydrogen-bond acceptors (Lipinski definition) is 3. The third kappa shape index (κ3) is 4.02. The molecule has 0 fully saturated rings. The first kappa shape index (κ1) is 16.7. The van der Waals surface area contributed by atoms with Crippen molar-refractivity contribution < 1.29 is 4.74 Å². The molecule has 0 aliphatic rings. The minimum absolute atomic E-state index is 0.561. The highest BCUT2D eigenvalue weighted by atomic mass is 35.5. The fourth-order valence-electron chi connectivity index (χ4n) is 2.36. The molecule has 0 aliphatic carbocycles. The molecule has 0 unspecified atom stereocenters. The van der Waals surface area contributed by atoms with Crippen LogP contribution in [0.15, 0.2) is 55.0 Å². The lowest BCUT2D eigenvalue weighted by molar-refractivity contribution is 0.483. The van der Waals surface area contributed by atoms with Crippen molar-refractivity contribution in [3.8, 4) is 11.5 Å². The average molecular weight is 362 g/mol. The van der Waals surface area contributed by atoms with Crippen LogP contribution in [0, 0.1) is 0 Å². The van der Waals surface area contributed by atoms with E-state index in [-0.39, 0.29) is 0 Å². The van der Waals surface area contributed by atoms with E-state index in [9.17, 15) is 0 Å². The summed E-state index contributed by atoms with van der Waals surface area (Å²) in [6, 6.07) is 13.0. The van der Waals surface area contributed by atoms with E-state index in [1.54, 1.807) is 18.5 Å². The quantitative estimate of drug-likeness (QED) is 0.626. The molecule has 1 N–H and O–H groups in total. The largest absolute Gasteiger partial charge is 0.456 e. The number of ether oxygens (including phenoxy) is 1. The highest BCUT2D eigenvalue weighted by Gasteiger charge is 2.10.